The average Bonchev–Trinajstić information content (AvgIpc) is 3.29. The molecule has 3 aliphatic rings. The standard InChI is InChI=1S/C26H25N3O9/c1-29(2)20-14-8-10-7-13-12(16-6-3-11(38-16)9-28-37)4-5-15(30)18(13)21(31)17(10)23(33)26(14,36)24(34)19(22(20)32)25(27)35/h3-6,10,14,17,19-20,30,36H,7-9H2,1-2H3,(H2,27,35)/t10-,14-,17?,19?,20-,26-/m1/s1. The number of ketones is 4. The van der Waals surface area contributed by atoms with Crippen molar-refractivity contribution in [2.45, 2.75) is 31.0 Å². The van der Waals surface area contributed by atoms with Crippen LogP contribution in [0.5, 0.6) is 5.75 Å². The predicted molar refractivity (Wildman–Crippen MR) is 129 cm³/mol. The van der Waals surface area contributed by atoms with Gasteiger partial charge in [-0.15, -0.1) is 0 Å². The molecule has 4 N–H and O–H groups in total. The molecule has 12 heteroatoms. The lowest BCUT2D eigenvalue weighted by Gasteiger charge is -2.52. The van der Waals surface area contributed by atoms with E-state index in [1.54, 1.807) is 18.2 Å². The number of aliphatic hydroxyl groups is 1. The highest BCUT2D eigenvalue weighted by Gasteiger charge is 2.69. The summed E-state index contributed by atoms with van der Waals surface area (Å²) in [5, 5.41) is 25.0. The second kappa shape index (κ2) is 8.77. The molecule has 198 valence electrons. The Labute approximate surface area is 215 Å². The number of benzene rings is 1. The SMILES string of the molecule is CN(C)[C@H]1C(=O)C(C(N)=O)C(=O)[C@]2(O)C(=O)C3C(=O)c4c(O)ccc(-c5ccc(CN=O)o5)c4C[C@@H]3C[C@H]12. The molecule has 5 rings (SSSR count). The van der Waals surface area contributed by atoms with Crippen molar-refractivity contribution in [3.63, 3.8) is 0 Å². The maximum absolute atomic E-state index is 13.8. The van der Waals surface area contributed by atoms with Crippen LogP contribution in [-0.2, 0) is 32.1 Å². The van der Waals surface area contributed by atoms with Gasteiger partial charge in [-0.1, -0.05) is 5.18 Å². The molecule has 2 unspecified atom stereocenters. The molecule has 6 atom stereocenters. The first-order chi connectivity index (χ1) is 17.9. The zero-order valence-electron chi connectivity index (χ0n) is 20.5. The van der Waals surface area contributed by atoms with Gasteiger partial charge in [-0.25, -0.2) is 0 Å². The quantitative estimate of drug-likeness (QED) is 0.364. The molecule has 12 nitrogen and oxygen atoms in total. The van der Waals surface area contributed by atoms with Gasteiger partial charge >= 0.3 is 0 Å². The first kappa shape index (κ1) is 25.6. The number of furan rings is 1. The fourth-order valence-corrected chi connectivity index (χ4v) is 6.51. The lowest BCUT2D eigenvalue weighted by molar-refractivity contribution is -0.181. The Morgan fingerprint density at radius 1 is 1.16 bits per heavy atom. The normalized spacial score (nSPS) is 30.6. The summed E-state index contributed by atoms with van der Waals surface area (Å²) in [7, 11) is 3.04. The van der Waals surface area contributed by atoms with Crippen LogP contribution in [0, 0.1) is 28.6 Å². The number of rotatable bonds is 5. The molecule has 1 amide bonds. The number of phenols is 1. The Hall–Kier alpha value is -4.03. The van der Waals surface area contributed by atoms with Gasteiger partial charge in [0.2, 0.25) is 5.91 Å². The van der Waals surface area contributed by atoms with Crippen molar-refractivity contribution in [1.29, 1.82) is 0 Å². The van der Waals surface area contributed by atoms with Gasteiger partial charge in [0, 0.05) is 11.5 Å². The summed E-state index contributed by atoms with van der Waals surface area (Å²) >= 11 is 0. The Morgan fingerprint density at radius 2 is 1.87 bits per heavy atom. The molecular weight excluding hydrogens is 498 g/mol. The zero-order valence-corrected chi connectivity index (χ0v) is 20.5. The van der Waals surface area contributed by atoms with E-state index in [1.807, 2.05) is 0 Å². The number of Topliss-reactive ketones (excluding diaryl/α,β-unsaturated/α-hetero) is 4. The van der Waals surface area contributed by atoms with E-state index in [-0.39, 0.29) is 30.7 Å². The number of hydrogen-bond acceptors (Lipinski definition) is 11. The molecule has 1 aromatic carbocycles. The third-order valence-corrected chi connectivity index (χ3v) is 8.09. The van der Waals surface area contributed by atoms with Crippen LogP contribution in [-0.4, -0.2) is 69.9 Å². The molecule has 0 radical (unpaired) electrons. The predicted octanol–water partition coefficient (Wildman–Crippen LogP) is 0.393. The van der Waals surface area contributed by atoms with E-state index in [2.05, 4.69) is 5.18 Å². The van der Waals surface area contributed by atoms with Crippen molar-refractivity contribution in [2.24, 2.45) is 34.6 Å². The lowest BCUT2D eigenvalue weighted by atomic mass is 9.52. The van der Waals surface area contributed by atoms with Gasteiger partial charge in [0.25, 0.3) is 0 Å². The summed E-state index contributed by atoms with van der Waals surface area (Å²) in [5.74, 6) is -10.5. The van der Waals surface area contributed by atoms with Crippen molar-refractivity contribution in [3.8, 4) is 17.1 Å². The van der Waals surface area contributed by atoms with Crippen LogP contribution in [0.2, 0.25) is 0 Å². The molecule has 1 heterocycles. The molecule has 2 saturated carbocycles. The summed E-state index contributed by atoms with van der Waals surface area (Å²) in [6.45, 7) is -0.195. The number of fused-ring (bicyclic) bond motifs is 3. The third-order valence-electron chi connectivity index (χ3n) is 8.09. The fourth-order valence-electron chi connectivity index (χ4n) is 6.51. The summed E-state index contributed by atoms with van der Waals surface area (Å²) in [5.41, 5.74) is 3.27. The van der Waals surface area contributed by atoms with E-state index in [0.29, 0.717) is 22.6 Å². The second-order valence-corrected chi connectivity index (χ2v) is 10.3. The summed E-state index contributed by atoms with van der Waals surface area (Å²) in [4.78, 5) is 78.1. The van der Waals surface area contributed by atoms with Crippen LogP contribution in [0.25, 0.3) is 11.3 Å². The summed E-state index contributed by atoms with van der Waals surface area (Å²) in [6.07, 6.45) is 0.0367. The molecular formula is C26H25N3O9. The van der Waals surface area contributed by atoms with Crippen molar-refractivity contribution in [1.82, 2.24) is 4.90 Å². The highest BCUT2D eigenvalue weighted by molar-refractivity contribution is 6.32. The van der Waals surface area contributed by atoms with E-state index < -0.39 is 64.4 Å². The van der Waals surface area contributed by atoms with Crippen LogP contribution in [0.4, 0.5) is 0 Å². The van der Waals surface area contributed by atoms with E-state index in [1.165, 1.54) is 25.1 Å². The number of aromatic hydroxyl groups is 1. The number of primary amides is 1. The van der Waals surface area contributed by atoms with Crippen LogP contribution in [0.15, 0.2) is 33.9 Å². The number of carbonyl (C=O) groups is 5. The van der Waals surface area contributed by atoms with Crippen molar-refractivity contribution < 1.29 is 38.6 Å². The molecule has 2 aromatic rings. The van der Waals surface area contributed by atoms with E-state index in [4.69, 9.17) is 10.2 Å². The number of carbonyl (C=O) groups excluding carboxylic acids is 5. The van der Waals surface area contributed by atoms with Gasteiger partial charge in [0.1, 0.15) is 23.8 Å². The largest absolute Gasteiger partial charge is 0.507 e. The molecule has 38 heavy (non-hydrogen) atoms. The highest BCUT2D eigenvalue weighted by atomic mass is 16.3. The fraction of sp³-hybridized carbons (Fsp3) is 0.423. The molecule has 0 aliphatic heterocycles. The number of phenolic OH excluding ortho intramolecular Hbond substituents is 1. The first-order valence-electron chi connectivity index (χ1n) is 12.0. The van der Waals surface area contributed by atoms with Gasteiger partial charge in [0.05, 0.1) is 17.5 Å². The number of nitrogens with zero attached hydrogens (tertiary/aromatic N) is 2. The number of nitroso groups, excluding NO2 is 1. The van der Waals surface area contributed by atoms with Crippen LogP contribution >= 0.6 is 0 Å². The van der Waals surface area contributed by atoms with Crippen molar-refractivity contribution >= 4 is 29.0 Å². The maximum Gasteiger partial charge on any atom is 0.235 e. The Kier molecular flexibility index (Phi) is 5.91. The van der Waals surface area contributed by atoms with Crippen molar-refractivity contribution in [3.05, 3.63) is 46.1 Å². The Bertz CT molecular complexity index is 1430. The molecule has 1 aromatic heterocycles. The highest BCUT2D eigenvalue weighted by Crippen LogP contribution is 2.51. The number of hydrogen-bond donors (Lipinski definition) is 3. The molecule has 0 bridgehead atoms. The summed E-state index contributed by atoms with van der Waals surface area (Å²) in [6, 6.07) is 4.80. The van der Waals surface area contributed by atoms with E-state index in [0.717, 1.165) is 0 Å². The number of likely N-dealkylation sites (N-methyl/N-ethyl adjacent to an activating group) is 1. The van der Waals surface area contributed by atoms with Crippen molar-refractivity contribution in [2.75, 3.05) is 14.1 Å². The Balaban J connectivity index is 1.64. The van der Waals surface area contributed by atoms with Crippen LogP contribution in [0.3, 0.4) is 0 Å². The molecule has 2 fully saturated rings. The molecule has 0 saturated heterocycles. The molecule has 3 aliphatic carbocycles. The van der Waals surface area contributed by atoms with Crippen LogP contribution < -0.4 is 5.73 Å². The second-order valence-electron chi connectivity index (χ2n) is 10.3. The minimum absolute atomic E-state index is 0.0581. The van der Waals surface area contributed by atoms with Gasteiger partial charge in [-0.3, -0.25) is 28.9 Å². The van der Waals surface area contributed by atoms with Gasteiger partial charge in [-0.05, 0) is 62.7 Å². The third kappa shape index (κ3) is 3.40. The van der Waals surface area contributed by atoms with Crippen LogP contribution in [0.1, 0.15) is 28.1 Å². The minimum Gasteiger partial charge on any atom is -0.507 e. The van der Waals surface area contributed by atoms with E-state index >= 15 is 0 Å². The van der Waals surface area contributed by atoms with Gasteiger partial charge in [0.15, 0.2) is 34.7 Å². The Morgan fingerprint density at radius 3 is 2.50 bits per heavy atom. The van der Waals surface area contributed by atoms with Gasteiger partial charge < -0.3 is 20.4 Å². The average molecular weight is 523 g/mol. The topological polar surface area (TPSA) is 198 Å². The smallest absolute Gasteiger partial charge is 0.235 e. The van der Waals surface area contributed by atoms with E-state index in [9.17, 15) is 39.1 Å². The first-order valence-corrected chi connectivity index (χ1v) is 12.0. The maximum atomic E-state index is 13.8. The zero-order chi connectivity index (χ0) is 27.7. The number of amides is 1. The molecule has 0 spiro atoms. The summed E-state index contributed by atoms with van der Waals surface area (Å²) < 4.78 is 5.69. The van der Waals surface area contributed by atoms with Gasteiger partial charge in [-0.2, -0.15) is 4.91 Å². The number of nitrogens with two attached hydrogens (primary N) is 1. The minimum atomic E-state index is -2.78. The lowest BCUT2D eigenvalue weighted by Crippen LogP contribution is -2.74. The monoisotopic (exact) mass is 523 g/mol.